The molecular weight excluding hydrogens is 460 g/mol. The fourth-order valence-corrected chi connectivity index (χ4v) is 4.40. The zero-order valence-electron chi connectivity index (χ0n) is 19.8. The number of aryl methyl sites for hydroxylation is 2. The van der Waals surface area contributed by atoms with Gasteiger partial charge in [-0.15, -0.1) is 0 Å². The van der Waals surface area contributed by atoms with E-state index < -0.39 is 5.91 Å². The van der Waals surface area contributed by atoms with Gasteiger partial charge in [-0.05, 0) is 61.9 Å². The molecule has 0 aliphatic carbocycles. The van der Waals surface area contributed by atoms with Crippen LogP contribution in [0.25, 0.3) is 0 Å². The molecule has 1 aliphatic heterocycles. The fourth-order valence-electron chi connectivity index (χ4n) is 4.19. The highest BCUT2D eigenvalue weighted by atomic mass is 35.5. The maximum Gasteiger partial charge on any atom is 0.257 e. The quantitative estimate of drug-likeness (QED) is 0.479. The van der Waals surface area contributed by atoms with E-state index in [0.29, 0.717) is 34.2 Å². The highest BCUT2D eigenvalue weighted by Crippen LogP contribution is 2.35. The molecule has 8 nitrogen and oxygen atoms in total. The van der Waals surface area contributed by atoms with Crippen LogP contribution in [-0.4, -0.2) is 57.1 Å². The Bertz CT molecular complexity index is 1030. The van der Waals surface area contributed by atoms with Crippen LogP contribution >= 0.6 is 11.6 Å². The van der Waals surface area contributed by atoms with Crippen LogP contribution in [0.4, 0.5) is 0 Å². The molecule has 9 heteroatoms. The summed E-state index contributed by atoms with van der Waals surface area (Å²) < 4.78 is 21.1. The van der Waals surface area contributed by atoms with Gasteiger partial charge in [-0.25, -0.2) is 0 Å². The number of likely N-dealkylation sites (tertiary alicyclic amines) is 1. The van der Waals surface area contributed by atoms with Crippen molar-refractivity contribution < 1.29 is 28.5 Å². The lowest BCUT2D eigenvalue weighted by Gasteiger charge is -2.26. The lowest BCUT2D eigenvalue weighted by atomic mass is 9.97. The van der Waals surface area contributed by atoms with E-state index in [0.717, 1.165) is 36.8 Å². The summed E-state index contributed by atoms with van der Waals surface area (Å²) >= 11 is 6.38. The third-order valence-electron chi connectivity index (χ3n) is 5.94. The van der Waals surface area contributed by atoms with Crippen LogP contribution in [0.3, 0.4) is 0 Å². The number of carbonyl (C=O) groups excluding carboxylic acids is 2. The van der Waals surface area contributed by atoms with E-state index in [1.807, 2.05) is 24.0 Å². The molecule has 0 spiro atoms. The smallest absolute Gasteiger partial charge is 0.257 e. The Hall–Kier alpha value is -2.81. The standard InChI is InChI=1S/C25H31ClN2O6/c1-16-11-18(24(27)29)7-6-17(16)8-9-19-5-4-10-28(19)25(30)20-12-21(26)23(34-15-32-3)13-22(20)33-14-31-2/h6-7,11-13,19H,4-5,8-10,14-15H2,1-3H3,(H2,27,29). The minimum atomic E-state index is -0.439. The zero-order valence-corrected chi connectivity index (χ0v) is 20.5. The summed E-state index contributed by atoms with van der Waals surface area (Å²) in [4.78, 5) is 26.8. The fraction of sp³-hybridized carbons (Fsp3) is 0.440. The molecular formula is C25H31ClN2O6. The van der Waals surface area contributed by atoms with Crippen LogP contribution in [0, 0.1) is 6.92 Å². The average molecular weight is 491 g/mol. The number of primary amides is 1. The van der Waals surface area contributed by atoms with E-state index in [9.17, 15) is 9.59 Å². The van der Waals surface area contributed by atoms with Gasteiger partial charge in [0.2, 0.25) is 5.91 Å². The Kier molecular flexibility index (Phi) is 9.15. The lowest BCUT2D eigenvalue weighted by molar-refractivity contribution is 0.0448. The minimum absolute atomic E-state index is 0.0182. The normalized spacial score (nSPS) is 15.4. The minimum Gasteiger partial charge on any atom is -0.467 e. The first-order valence-corrected chi connectivity index (χ1v) is 11.5. The van der Waals surface area contributed by atoms with E-state index in [2.05, 4.69) is 0 Å². The number of nitrogens with zero attached hydrogens (tertiary/aromatic N) is 1. The third-order valence-corrected chi connectivity index (χ3v) is 6.24. The number of benzene rings is 2. The molecule has 184 valence electrons. The number of ether oxygens (including phenoxy) is 4. The third kappa shape index (κ3) is 6.20. The molecule has 2 N–H and O–H groups in total. The van der Waals surface area contributed by atoms with Gasteiger partial charge in [0.15, 0.2) is 13.6 Å². The molecule has 0 saturated carbocycles. The molecule has 2 aromatic carbocycles. The van der Waals surface area contributed by atoms with E-state index in [1.165, 1.54) is 14.2 Å². The van der Waals surface area contributed by atoms with Crippen LogP contribution in [0.15, 0.2) is 30.3 Å². The molecule has 2 aromatic rings. The van der Waals surface area contributed by atoms with Crippen molar-refractivity contribution in [2.45, 2.75) is 38.6 Å². The molecule has 0 aromatic heterocycles. The molecule has 2 amide bonds. The van der Waals surface area contributed by atoms with Crippen molar-refractivity contribution in [3.05, 3.63) is 57.6 Å². The number of hydrogen-bond donors (Lipinski definition) is 1. The van der Waals surface area contributed by atoms with Crippen molar-refractivity contribution in [1.82, 2.24) is 4.90 Å². The Morgan fingerprint density at radius 3 is 2.44 bits per heavy atom. The number of methoxy groups -OCH3 is 2. The van der Waals surface area contributed by atoms with Crippen LogP contribution in [0.2, 0.25) is 5.02 Å². The number of nitrogens with two attached hydrogens (primary N) is 1. The van der Waals surface area contributed by atoms with Crippen molar-refractivity contribution in [2.24, 2.45) is 5.73 Å². The Balaban J connectivity index is 1.77. The number of carbonyl (C=O) groups is 2. The Morgan fingerprint density at radius 2 is 1.79 bits per heavy atom. The van der Waals surface area contributed by atoms with Gasteiger partial charge in [-0.3, -0.25) is 9.59 Å². The molecule has 1 atom stereocenters. The molecule has 0 bridgehead atoms. The van der Waals surface area contributed by atoms with Crippen LogP contribution in [-0.2, 0) is 15.9 Å². The van der Waals surface area contributed by atoms with E-state index in [4.69, 9.17) is 36.3 Å². The number of rotatable bonds is 11. The lowest BCUT2D eigenvalue weighted by Crippen LogP contribution is -2.36. The van der Waals surface area contributed by atoms with Crippen molar-refractivity contribution in [3.8, 4) is 11.5 Å². The highest BCUT2D eigenvalue weighted by Gasteiger charge is 2.31. The number of halogens is 1. The second kappa shape index (κ2) is 12.1. The summed E-state index contributed by atoms with van der Waals surface area (Å²) in [6, 6.07) is 8.73. The van der Waals surface area contributed by atoms with Gasteiger partial charge in [0, 0.05) is 38.4 Å². The Labute approximate surface area is 204 Å². The van der Waals surface area contributed by atoms with Crippen molar-refractivity contribution in [1.29, 1.82) is 0 Å². The van der Waals surface area contributed by atoms with Gasteiger partial charge in [-0.2, -0.15) is 0 Å². The van der Waals surface area contributed by atoms with E-state index in [-0.39, 0.29) is 25.5 Å². The largest absolute Gasteiger partial charge is 0.467 e. The molecule has 34 heavy (non-hydrogen) atoms. The Morgan fingerprint density at radius 1 is 1.09 bits per heavy atom. The molecule has 1 heterocycles. The molecule has 0 radical (unpaired) electrons. The number of hydrogen-bond acceptors (Lipinski definition) is 6. The maximum absolute atomic E-state index is 13.5. The van der Waals surface area contributed by atoms with Crippen molar-refractivity contribution in [2.75, 3.05) is 34.4 Å². The van der Waals surface area contributed by atoms with Crippen molar-refractivity contribution in [3.63, 3.8) is 0 Å². The first-order valence-electron chi connectivity index (χ1n) is 11.1. The first-order chi connectivity index (χ1) is 16.3. The van der Waals surface area contributed by atoms with Crippen LogP contribution in [0.5, 0.6) is 11.5 Å². The van der Waals surface area contributed by atoms with Crippen LogP contribution < -0.4 is 15.2 Å². The summed E-state index contributed by atoms with van der Waals surface area (Å²) in [5.41, 5.74) is 8.38. The summed E-state index contributed by atoms with van der Waals surface area (Å²) in [7, 11) is 3.02. The molecule has 3 rings (SSSR count). The van der Waals surface area contributed by atoms with E-state index >= 15 is 0 Å². The zero-order chi connectivity index (χ0) is 24.7. The summed E-state index contributed by atoms with van der Waals surface area (Å²) in [6.45, 7) is 2.63. The number of amides is 2. The van der Waals surface area contributed by atoms with Crippen LogP contribution in [0.1, 0.15) is 51.1 Å². The van der Waals surface area contributed by atoms with Gasteiger partial charge in [-0.1, -0.05) is 17.7 Å². The summed E-state index contributed by atoms with van der Waals surface area (Å²) in [6.07, 6.45) is 3.44. The molecule has 1 aliphatic rings. The molecule has 1 fully saturated rings. The van der Waals surface area contributed by atoms with Gasteiger partial charge >= 0.3 is 0 Å². The average Bonchev–Trinajstić information content (AvgIpc) is 3.29. The summed E-state index contributed by atoms with van der Waals surface area (Å²) in [5.74, 6) is 0.116. The van der Waals surface area contributed by atoms with Gasteiger partial charge < -0.3 is 29.6 Å². The summed E-state index contributed by atoms with van der Waals surface area (Å²) in [5, 5.41) is 0.297. The van der Waals surface area contributed by atoms with Gasteiger partial charge in [0.1, 0.15) is 11.5 Å². The molecule has 1 saturated heterocycles. The SMILES string of the molecule is COCOc1cc(OCOC)c(C(=O)N2CCCC2CCc2ccc(C(N)=O)cc2C)cc1Cl. The topological polar surface area (TPSA) is 100 Å². The monoisotopic (exact) mass is 490 g/mol. The van der Waals surface area contributed by atoms with Crippen molar-refractivity contribution >= 4 is 23.4 Å². The second-order valence-electron chi connectivity index (χ2n) is 8.22. The highest BCUT2D eigenvalue weighted by molar-refractivity contribution is 6.32. The van der Waals surface area contributed by atoms with E-state index in [1.54, 1.807) is 18.2 Å². The maximum atomic E-state index is 13.5. The predicted molar refractivity (Wildman–Crippen MR) is 129 cm³/mol. The second-order valence-corrected chi connectivity index (χ2v) is 8.63. The predicted octanol–water partition coefficient (Wildman–Crippen LogP) is 3.95. The van der Waals surface area contributed by atoms with Gasteiger partial charge in [0.05, 0.1) is 10.6 Å². The molecule has 1 unspecified atom stereocenters. The van der Waals surface area contributed by atoms with Gasteiger partial charge in [0.25, 0.3) is 5.91 Å². The first kappa shape index (κ1) is 25.8.